The van der Waals surface area contributed by atoms with Gasteiger partial charge < -0.3 is 39.4 Å². The number of carboxylic acid groups (broad SMARTS) is 4. The number of hydrogen-bond acceptors (Lipinski definition) is 16. The first-order chi connectivity index (χ1) is 29.5. The van der Waals surface area contributed by atoms with Crippen LogP contribution in [0.2, 0.25) is 0 Å². The van der Waals surface area contributed by atoms with E-state index in [1.54, 1.807) is 0 Å². The summed E-state index contributed by atoms with van der Waals surface area (Å²) >= 11 is 0. The fraction of sp³-hybridized carbons (Fsp3) is 0.222. The number of carbonyl (C=O) groups is 4. The van der Waals surface area contributed by atoms with Crippen molar-refractivity contribution in [1.82, 2.24) is 0 Å². The van der Waals surface area contributed by atoms with Crippen molar-refractivity contribution in [2.75, 3.05) is 26.4 Å². The predicted octanol–water partition coefficient (Wildman–Crippen LogP) is 1.20. The van der Waals surface area contributed by atoms with Crippen molar-refractivity contribution in [3.05, 3.63) is 93.0 Å². The van der Waals surface area contributed by atoms with E-state index in [9.17, 15) is 91.5 Å². The first kappa shape index (κ1) is 48.6. The van der Waals surface area contributed by atoms with Gasteiger partial charge in [0.15, 0.2) is 26.4 Å². The summed E-state index contributed by atoms with van der Waals surface area (Å²) in [5.41, 5.74) is -3.69. The molecule has 344 valence electrons. The lowest BCUT2D eigenvalue weighted by atomic mass is 9.91. The minimum absolute atomic E-state index is 0.461. The van der Waals surface area contributed by atoms with Crippen molar-refractivity contribution in [3.63, 3.8) is 0 Å². The second-order valence-corrected chi connectivity index (χ2v) is 19.3. The van der Waals surface area contributed by atoms with Gasteiger partial charge in [-0.3, -0.25) is 18.2 Å². The SMILES string of the molecule is O=C(O)COc1c2cc(S(=O)(=O)O)cc1Cc1cc(S(=O)(=O)O)cc(c1OCC(=O)O)Cc1cc(S(=O)(=O)O)cc(c1OCC(=O)O)Cc1cc(S(=O)(=O)O)cc(c1OCC(=O)O)C2. The van der Waals surface area contributed by atoms with E-state index in [2.05, 4.69) is 0 Å². The second-order valence-electron chi connectivity index (χ2n) is 13.6. The van der Waals surface area contributed by atoms with E-state index in [0.29, 0.717) is 48.5 Å². The molecule has 1 aliphatic carbocycles. The van der Waals surface area contributed by atoms with E-state index in [4.69, 9.17) is 18.9 Å². The van der Waals surface area contributed by atoms with E-state index in [1.807, 2.05) is 0 Å². The Kier molecular flexibility index (Phi) is 14.0. The largest absolute Gasteiger partial charge is 0.481 e. The average Bonchev–Trinajstić information content (AvgIpc) is 3.13. The van der Waals surface area contributed by atoms with Crippen LogP contribution in [-0.2, 0) is 85.3 Å². The van der Waals surface area contributed by atoms with Crippen LogP contribution in [0, 0.1) is 0 Å². The molecular formula is C36H32O24S4. The van der Waals surface area contributed by atoms with Crippen LogP contribution in [0.1, 0.15) is 44.5 Å². The fourth-order valence-corrected chi connectivity index (χ4v) is 8.96. The van der Waals surface area contributed by atoms with Gasteiger partial charge in [-0.2, -0.15) is 33.7 Å². The van der Waals surface area contributed by atoms with Crippen molar-refractivity contribution in [2.45, 2.75) is 45.3 Å². The summed E-state index contributed by atoms with van der Waals surface area (Å²) in [6, 6.07) is 5.68. The molecule has 8 bridgehead atoms. The molecule has 24 nitrogen and oxygen atoms in total. The zero-order valence-corrected chi connectivity index (χ0v) is 35.3. The number of ether oxygens (including phenoxy) is 4. The van der Waals surface area contributed by atoms with Crippen molar-refractivity contribution < 1.29 is 110 Å². The van der Waals surface area contributed by atoms with Gasteiger partial charge in [-0.1, -0.05) is 0 Å². The van der Waals surface area contributed by atoms with E-state index in [-0.39, 0.29) is 0 Å². The summed E-state index contributed by atoms with van der Waals surface area (Å²) < 4.78 is 165. The third-order valence-corrected chi connectivity index (χ3v) is 12.3. The van der Waals surface area contributed by atoms with Crippen LogP contribution in [0.25, 0.3) is 0 Å². The molecule has 0 saturated heterocycles. The maximum absolute atomic E-state index is 12.8. The molecule has 0 atom stereocenters. The van der Waals surface area contributed by atoms with Gasteiger partial charge >= 0.3 is 23.9 Å². The highest BCUT2D eigenvalue weighted by Gasteiger charge is 2.30. The standard InChI is InChI=1S/C36H32O24S4/c37-29(38)13-57-33-17-1-18-6-26(62(48,49)50)8-20(34(18)58-14-30(39)40)3-22-10-28(64(54,55)56)12-24(36(22)60-16-32(43)44)4-23-11-27(63(51,52)53)9-21(35(23)59-15-31(41)42)2-19(33)7-25(5-17)61(45,46)47/h5-12H,1-4,13-16H2,(H,37,38)(H,39,40)(H,41,42)(H,43,44)(H,45,46,47)(H,48,49,50)(H,51,52,53)(H,54,55,56). The molecule has 0 aromatic heterocycles. The van der Waals surface area contributed by atoms with Gasteiger partial charge in [0.05, 0.1) is 19.6 Å². The van der Waals surface area contributed by atoms with Gasteiger partial charge in [0, 0.05) is 70.2 Å². The molecule has 4 aromatic rings. The van der Waals surface area contributed by atoms with Crippen LogP contribution in [0.5, 0.6) is 23.0 Å². The third kappa shape index (κ3) is 12.0. The van der Waals surface area contributed by atoms with E-state index >= 15 is 0 Å². The number of carboxylic acids is 4. The molecule has 0 heterocycles. The molecule has 0 fully saturated rings. The molecule has 64 heavy (non-hydrogen) atoms. The Morgan fingerprint density at radius 3 is 0.594 bits per heavy atom. The van der Waals surface area contributed by atoms with Gasteiger partial charge in [0.2, 0.25) is 0 Å². The molecular weight excluding hydrogens is 945 g/mol. The highest BCUT2D eigenvalue weighted by molar-refractivity contribution is 7.86. The van der Waals surface area contributed by atoms with Gasteiger partial charge in [0.25, 0.3) is 40.5 Å². The van der Waals surface area contributed by atoms with Crippen LogP contribution in [-0.4, -0.2) is 123 Å². The van der Waals surface area contributed by atoms with Crippen molar-refractivity contribution in [2.24, 2.45) is 0 Å². The normalized spacial score (nSPS) is 13.1. The minimum atomic E-state index is -5.28. The van der Waals surface area contributed by atoms with Crippen LogP contribution >= 0.6 is 0 Å². The maximum atomic E-state index is 12.8. The zero-order chi connectivity index (χ0) is 47.7. The summed E-state index contributed by atoms with van der Waals surface area (Å²) in [5, 5.41) is 38.4. The van der Waals surface area contributed by atoms with E-state index in [0.717, 1.165) is 0 Å². The lowest BCUT2D eigenvalue weighted by molar-refractivity contribution is -0.140. The summed E-state index contributed by atoms with van der Waals surface area (Å²) in [4.78, 5) is 43.5. The number of benzene rings is 4. The molecule has 0 aliphatic heterocycles. The fourth-order valence-electron chi connectivity index (χ4n) is 6.63. The van der Waals surface area contributed by atoms with E-state index < -0.39 is 204 Å². The molecule has 0 saturated carbocycles. The van der Waals surface area contributed by atoms with Crippen molar-refractivity contribution in [1.29, 1.82) is 0 Å². The minimum Gasteiger partial charge on any atom is -0.481 e. The smallest absolute Gasteiger partial charge is 0.341 e. The molecule has 0 unspecified atom stereocenters. The highest BCUT2D eigenvalue weighted by Crippen LogP contribution is 2.42. The highest BCUT2D eigenvalue weighted by atomic mass is 32.2. The van der Waals surface area contributed by atoms with E-state index in [1.165, 1.54) is 0 Å². The third-order valence-electron chi connectivity index (χ3n) is 8.94. The molecule has 4 aromatic carbocycles. The Bertz CT molecular complexity index is 2560. The Morgan fingerprint density at radius 1 is 0.344 bits per heavy atom. The van der Waals surface area contributed by atoms with Gasteiger partial charge in [-0.05, 0) is 48.5 Å². The van der Waals surface area contributed by atoms with Crippen LogP contribution in [0.15, 0.2) is 68.1 Å². The second kappa shape index (κ2) is 18.4. The van der Waals surface area contributed by atoms with Crippen LogP contribution in [0.4, 0.5) is 0 Å². The maximum Gasteiger partial charge on any atom is 0.341 e. The number of fused-ring (bicyclic) bond motifs is 8. The topological polar surface area (TPSA) is 404 Å². The molecule has 5 rings (SSSR count). The Hall–Kier alpha value is -6.40. The molecule has 0 amide bonds. The number of aliphatic carboxylic acids is 4. The van der Waals surface area contributed by atoms with Crippen molar-refractivity contribution >= 4 is 64.3 Å². The first-order valence-corrected chi connectivity index (χ1v) is 23.2. The van der Waals surface area contributed by atoms with Crippen LogP contribution in [0.3, 0.4) is 0 Å². The molecule has 0 spiro atoms. The molecule has 0 radical (unpaired) electrons. The quantitative estimate of drug-likeness (QED) is 0.0644. The van der Waals surface area contributed by atoms with Gasteiger partial charge in [-0.25, -0.2) is 19.2 Å². The lowest BCUT2D eigenvalue weighted by Crippen LogP contribution is -2.17. The Morgan fingerprint density at radius 2 is 0.484 bits per heavy atom. The number of hydrogen-bond donors (Lipinski definition) is 8. The summed E-state index contributed by atoms with van der Waals surface area (Å²) in [6.45, 7) is -4.81. The average molecular weight is 977 g/mol. The zero-order valence-electron chi connectivity index (χ0n) is 32.0. The molecule has 8 N–H and O–H groups in total. The Balaban J connectivity index is 2.08. The summed E-state index contributed by atoms with van der Waals surface area (Å²) in [6.07, 6.45) is -3.52. The first-order valence-electron chi connectivity index (χ1n) is 17.4. The Labute approximate surface area is 361 Å². The van der Waals surface area contributed by atoms with Gasteiger partial charge in [0.1, 0.15) is 23.0 Å². The summed E-state index contributed by atoms with van der Waals surface area (Å²) in [5.74, 6) is -8.81. The lowest BCUT2D eigenvalue weighted by Gasteiger charge is -2.23. The van der Waals surface area contributed by atoms with Gasteiger partial charge in [-0.15, -0.1) is 0 Å². The predicted molar refractivity (Wildman–Crippen MR) is 209 cm³/mol. The number of rotatable bonds is 16. The van der Waals surface area contributed by atoms with Crippen LogP contribution < -0.4 is 18.9 Å². The van der Waals surface area contributed by atoms with Crippen molar-refractivity contribution in [3.8, 4) is 23.0 Å². The molecule has 1 aliphatic rings. The monoisotopic (exact) mass is 976 g/mol. The summed E-state index contributed by atoms with van der Waals surface area (Å²) in [7, 11) is -21.1. The molecule has 28 heteroatoms.